The summed E-state index contributed by atoms with van der Waals surface area (Å²) in [6.07, 6.45) is 59.8. The standard InChI is InChI=1S/C57H101NO7/c1-6-8-10-12-14-16-18-20-22-24-26-27-28-29-30-32-34-36-38-40-42-44-46-48-56(60)65-53(51-63-50-49-54(57(61)62)58(3,4)5)52-64-55(59)47-45-43-41-39-37-35-33-31-25-23-21-19-17-15-13-11-9-7-2/h8,10,14,16,20,22,26-27,31,33,53-54H,6-7,9,11-13,15,17-19,21,23-25,28-30,32,34-52H2,1-5H3/p+1/b10-8+,16-14+,22-20+,27-26+,33-31+. The number of nitrogens with zero attached hydrogens (tertiary/aromatic N) is 1. The zero-order chi connectivity index (χ0) is 47.7. The van der Waals surface area contributed by atoms with Crippen LogP contribution in [0.4, 0.5) is 0 Å². The molecular formula is C57H102NO7+. The second kappa shape index (κ2) is 47.5. The minimum Gasteiger partial charge on any atom is -0.477 e. The molecule has 2 atom stereocenters. The highest BCUT2D eigenvalue weighted by Crippen LogP contribution is 2.15. The minimum absolute atomic E-state index is 0.0561. The van der Waals surface area contributed by atoms with Crippen molar-refractivity contribution in [2.24, 2.45) is 0 Å². The molecular weight excluding hydrogens is 811 g/mol. The van der Waals surface area contributed by atoms with Gasteiger partial charge in [-0.25, -0.2) is 4.79 Å². The van der Waals surface area contributed by atoms with Crippen molar-refractivity contribution in [3.63, 3.8) is 0 Å². The molecule has 0 aliphatic carbocycles. The average molecular weight is 913 g/mol. The topological polar surface area (TPSA) is 99.1 Å². The van der Waals surface area contributed by atoms with Crippen molar-refractivity contribution in [2.75, 3.05) is 41.0 Å². The second-order valence-electron chi connectivity index (χ2n) is 19.1. The zero-order valence-electron chi connectivity index (χ0n) is 42.9. The monoisotopic (exact) mass is 913 g/mol. The van der Waals surface area contributed by atoms with E-state index in [4.69, 9.17) is 14.2 Å². The van der Waals surface area contributed by atoms with E-state index in [1.54, 1.807) is 0 Å². The molecule has 1 N–H and O–H groups in total. The van der Waals surface area contributed by atoms with Gasteiger partial charge < -0.3 is 23.8 Å². The van der Waals surface area contributed by atoms with Crippen LogP contribution in [0.1, 0.15) is 232 Å². The normalized spacial score (nSPS) is 13.3. The van der Waals surface area contributed by atoms with Crippen molar-refractivity contribution in [1.29, 1.82) is 0 Å². The van der Waals surface area contributed by atoms with E-state index >= 15 is 0 Å². The largest absolute Gasteiger partial charge is 0.477 e. The Balaban J connectivity index is 4.23. The molecule has 0 heterocycles. The molecule has 8 heteroatoms. The van der Waals surface area contributed by atoms with Gasteiger partial charge in [-0.05, 0) is 77.0 Å². The molecule has 0 saturated carbocycles. The maximum atomic E-state index is 12.8. The molecule has 0 saturated heterocycles. The fraction of sp³-hybridized carbons (Fsp3) is 0.772. The van der Waals surface area contributed by atoms with Crippen LogP contribution in [0, 0.1) is 0 Å². The Hall–Kier alpha value is -2.97. The SMILES string of the molecule is CC/C=C/C/C=C/C/C=C/C/C=C/CCCCCCCCCCCCC(=O)OC(COCCC(C(=O)O)[N+](C)(C)C)COC(=O)CCCCCCC/C=C/CCCCCCCCCCC. The van der Waals surface area contributed by atoms with E-state index in [1.807, 2.05) is 21.1 Å². The van der Waals surface area contributed by atoms with E-state index in [0.717, 1.165) is 77.0 Å². The molecule has 0 aliphatic rings. The summed E-state index contributed by atoms with van der Waals surface area (Å²) in [7, 11) is 5.53. The van der Waals surface area contributed by atoms with Gasteiger partial charge in [0.25, 0.3) is 0 Å². The van der Waals surface area contributed by atoms with Crippen molar-refractivity contribution in [1.82, 2.24) is 0 Å². The van der Waals surface area contributed by atoms with Crippen LogP contribution in [-0.2, 0) is 28.6 Å². The summed E-state index contributed by atoms with van der Waals surface area (Å²) in [5, 5.41) is 9.66. The van der Waals surface area contributed by atoms with Gasteiger partial charge >= 0.3 is 17.9 Å². The number of allylic oxidation sites excluding steroid dienone is 10. The van der Waals surface area contributed by atoms with Gasteiger partial charge in [-0.1, -0.05) is 197 Å². The summed E-state index contributed by atoms with van der Waals surface area (Å²) in [5.74, 6) is -1.48. The summed E-state index contributed by atoms with van der Waals surface area (Å²) in [4.78, 5) is 37.2. The first-order valence-corrected chi connectivity index (χ1v) is 26.8. The number of carbonyl (C=O) groups excluding carboxylic acids is 2. The quantitative estimate of drug-likeness (QED) is 0.0281. The molecule has 0 rings (SSSR count). The van der Waals surface area contributed by atoms with E-state index in [9.17, 15) is 19.5 Å². The summed E-state index contributed by atoms with van der Waals surface area (Å²) in [6.45, 7) is 4.63. The van der Waals surface area contributed by atoms with E-state index < -0.39 is 18.1 Å². The molecule has 0 aromatic rings. The highest BCUT2D eigenvalue weighted by atomic mass is 16.6. The molecule has 0 spiro atoms. The first kappa shape index (κ1) is 62.0. The molecule has 2 unspecified atom stereocenters. The van der Waals surface area contributed by atoms with E-state index in [0.29, 0.717) is 19.3 Å². The summed E-state index contributed by atoms with van der Waals surface area (Å²) in [5.41, 5.74) is 0. The number of likely N-dealkylation sites (N-methyl/N-ethyl adjacent to an activating group) is 1. The van der Waals surface area contributed by atoms with Crippen LogP contribution < -0.4 is 0 Å². The van der Waals surface area contributed by atoms with Crippen LogP contribution in [0.2, 0.25) is 0 Å². The first-order valence-electron chi connectivity index (χ1n) is 26.8. The van der Waals surface area contributed by atoms with E-state index in [2.05, 4.69) is 74.6 Å². The summed E-state index contributed by atoms with van der Waals surface area (Å²) in [6, 6.07) is -0.619. The van der Waals surface area contributed by atoms with Crippen LogP contribution in [0.5, 0.6) is 0 Å². The smallest absolute Gasteiger partial charge is 0.362 e. The number of carboxylic acids is 1. The van der Waals surface area contributed by atoms with Crippen LogP contribution >= 0.6 is 0 Å². The Kier molecular flexibility index (Phi) is 45.3. The lowest BCUT2D eigenvalue weighted by Gasteiger charge is -2.31. The molecule has 0 aromatic heterocycles. The molecule has 0 bridgehead atoms. The van der Waals surface area contributed by atoms with Crippen LogP contribution in [0.25, 0.3) is 0 Å². The van der Waals surface area contributed by atoms with Crippen molar-refractivity contribution in [3.8, 4) is 0 Å². The van der Waals surface area contributed by atoms with Gasteiger partial charge in [-0.2, -0.15) is 0 Å². The second-order valence-corrected chi connectivity index (χ2v) is 19.1. The Labute approximate surface area is 400 Å². The highest BCUT2D eigenvalue weighted by molar-refractivity contribution is 5.72. The number of aliphatic carboxylic acids is 1. The lowest BCUT2D eigenvalue weighted by atomic mass is 10.0. The van der Waals surface area contributed by atoms with E-state index in [1.165, 1.54) is 122 Å². The number of carbonyl (C=O) groups is 3. The molecule has 0 aromatic carbocycles. The Bertz CT molecular complexity index is 1250. The predicted octanol–water partition coefficient (Wildman–Crippen LogP) is 15.7. The number of hydrogen-bond donors (Lipinski definition) is 1. The number of carboxylic acid groups (broad SMARTS) is 1. The highest BCUT2D eigenvalue weighted by Gasteiger charge is 2.31. The number of ether oxygens (including phenoxy) is 3. The third-order valence-electron chi connectivity index (χ3n) is 11.9. The predicted molar refractivity (Wildman–Crippen MR) is 275 cm³/mol. The van der Waals surface area contributed by atoms with Gasteiger partial charge in [0, 0.05) is 19.3 Å². The fourth-order valence-electron chi connectivity index (χ4n) is 7.78. The molecule has 0 radical (unpaired) electrons. The number of esters is 2. The average Bonchev–Trinajstić information content (AvgIpc) is 3.27. The molecule has 376 valence electrons. The molecule has 65 heavy (non-hydrogen) atoms. The van der Waals surface area contributed by atoms with Crippen LogP contribution in [0.3, 0.4) is 0 Å². The van der Waals surface area contributed by atoms with Gasteiger partial charge in [-0.15, -0.1) is 0 Å². The van der Waals surface area contributed by atoms with Gasteiger partial charge in [0.2, 0.25) is 0 Å². The third kappa shape index (κ3) is 46.0. The number of quaternary nitrogens is 1. The van der Waals surface area contributed by atoms with Gasteiger partial charge in [0.05, 0.1) is 34.4 Å². The van der Waals surface area contributed by atoms with Gasteiger partial charge in [0.1, 0.15) is 6.61 Å². The Morgan fingerprint density at radius 3 is 1.29 bits per heavy atom. The van der Waals surface area contributed by atoms with Crippen molar-refractivity contribution in [3.05, 3.63) is 60.8 Å². The van der Waals surface area contributed by atoms with Crippen molar-refractivity contribution in [2.45, 2.75) is 244 Å². The van der Waals surface area contributed by atoms with Gasteiger partial charge in [-0.3, -0.25) is 9.59 Å². The first-order chi connectivity index (χ1) is 31.6. The molecule has 0 aliphatic heterocycles. The minimum atomic E-state index is -0.876. The number of unbranched alkanes of at least 4 members (excludes halogenated alkanes) is 24. The van der Waals surface area contributed by atoms with Crippen LogP contribution in [-0.4, -0.2) is 80.6 Å². The summed E-state index contributed by atoms with van der Waals surface area (Å²) < 4.78 is 17.4. The Morgan fingerprint density at radius 1 is 0.477 bits per heavy atom. The Morgan fingerprint density at radius 2 is 0.862 bits per heavy atom. The third-order valence-corrected chi connectivity index (χ3v) is 11.9. The van der Waals surface area contributed by atoms with Crippen molar-refractivity contribution < 1.29 is 38.2 Å². The molecule has 8 nitrogen and oxygen atoms in total. The van der Waals surface area contributed by atoms with E-state index in [-0.39, 0.29) is 36.2 Å². The van der Waals surface area contributed by atoms with Crippen LogP contribution in [0.15, 0.2) is 60.8 Å². The maximum Gasteiger partial charge on any atom is 0.362 e. The van der Waals surface area contributed by atoms with Crippen molar-refractivity contribution >= 4 is 17.9 Å². The molecule has 0 amide bonds. The maximum absolute atomic E-state index is 12.8. The molecule has 0 fully saturated rings. The number of rotatable bonds is 48. The lowest BCUT2D eigenvalue weighted by Crippen LogP contribution is -2.50. The number of hydrogen-bond acceptors (Lipinski definition) is 6. The zero-order valence-corrected chi connectivity index (χ0v) is 42.9. The summed E-state index contributed by atoms with van der Waals surface area (Å²) >= 11 is 0. The lowest BCUT2D eigenvalue weighted by molar-refractivity contribution is -0.887. The van der Waals surface area contributed by atoms with Gasteiger partial charge in [0.15, 0.2) is 12.1 Å². The fourth-order valence-corrected chi connectivity index (χ4v) is 7.78.